The molecule has 0 atom stereocenters. The maximum Gasteiger partial charge on any atom is 0.225 e. The second-order valence-corrected chi connectivity index (χ2v) is 4.77. The first kappa shape index (κ1) is 15.5. The van der Waals surface area contributed by atoms with Crippen molar-refractivity contribution in [3.8, 4) is 0 Å². The van der Waals surface area contributed by atoms with E-state index in [1.165, 1.54) is 0 Å². The highest BCUT2D eigenvalue weighted by Crippen LogP contribution is 2.15. The number of hydrogen-bond donors (Lipinski definition) is 1. The maximum atomic E-state index is 11.8. The SMILES string of the molecule is CCN(CC)CCC(=O)Nc1ccc(N(C)C)cc1. The molecule has 0 heterocycles. The summed E-state index contributed by atoms with van der Waals surface area (Å²) in [7, 11) is 4.00. The Hall–Kier alpha value is -1.55. The summed E-state index contributed by atoms with van der Waals surface area (Å²) in [6.45, 7) is 7.01. The minimum atomic E-state index is 0.0736. The standard InChI is InChI=1S/C15H25N3O/c1-5-18(6-2)12-11-15(19)16-13-7-9-14(10-8-13)17(3)4/h7-10H,5-6,11-12H2,1-4H3,(H,16,19). The normalized spacial score (nSPS) is 10.6. The topological polar surface area (TPSA) is 35.6 Å². The lowest BCUT2D eigenvalue weighted by Crippen LogP contribution is -2.27. The molecule has 1 rings (SSSR count). The fourth-order valence-electron chi connectivity index (χ4n) is 1.87. The van der Waals surface area contributed by atoms with Gasteiger partial charge in [-0.05, 0) is 37.4 Å². The van der Waals surface area contributed by atoms with Gasteiger partial charge in [-0.15, -0.1) is 0 Å². The number of hydrogen-bond acceptors (Lipinski definition) is 3. The molecule has 0 bridgehead atoms. The van der Waals surface area contributed by atoms with Gasteiger partial charge >= 0.3 is 0 Å². The molecule has 0 saturated heterocycles. The average molecular weight is 263 g/mol. The number of carbonyl (C=O) groups excluding carboxylic acids is 1. The third-order valence-electron chi connectivity index (χ3n) is 3.22. The van der Waals surface area contributed by atoms with Crippen LogP contribution in [0.1, 0.15) is 20.3 Å². The molecular formula is C15H25N3O. The minimum absolute atomic E-state index is 0.0736. The van der Waals surface area contributed by atoms with Crippen molar-refractivity contribution >= 4 is 17.3 Å². The maximum absolute atomic E-state index is 11.8. The Bertz CT molecular complexity index is 383. The van der Waals surface area contributed by atoms with E-state index in [9.17, 15) is 4.79 Å². The Balaban J connectivity index is 2.44. The lowest BCUT2D eigenvalue weighted by molar-refractivity contribution is -0.116. The van der Waals surface area contributed by atoms with E-state index in [2.05, 4.69) is 24.1 Å². The lowest BCUT2D eigenvalue weighted by Gasteiger charge is -2.17. The van der Waals surface area contributed by atoms with Crippen molar-refractivity contribution in [3.63, 3.8) is 0 Å². The highest BCUT2D eigenvalue weighted by atomic mass is 16.1. The van der Waals surface area contributed by atoms with E-state index in [4.69, 9.17) is 0 Å². The summed E-state index contributed by atoms with van der Waals surface area (Å²) in [6.07, 6.45) is 0.539. The molecule has 0 aliphatic heterocycles. The van der Waals surface area contributed by atoms with Crippen molar-refractivity contribution in [3.05, 3.63) is 24.3 Å². The molecule has 0 radical (unpaired) electrons. The Morgan fingerprint density at radius 2 is 1.68 bits per heavy atom. The summed E-state index contributed by atoms with van der Waals surface area (Å²) >= 11 is 0. The first-order valence-corrected chi connectivity index (χ1v) is 6.86. The van der Waals surface area contributed by atoms with Crippen LogP contribution in [-0.4, -0.2) is 44.5 Å². The number of amides is 1. The summed E-state index contributed by atoms with van der Waals surface area (Å²) in [6, 6.07) is 7.87. The van der Waals surface area contributed by atoms with E-state index in [-0.39, 0.29) is 5.91 Å². The van der Waals surface area contributed by atoms with Crippen LogP contribution < -0.4 is 10.2 Å². The number of anilines is 2. The third kappa shape index (κ3) is 5.30. The van der Waals surface area contributed by atoms with Gasteiger partial charge in [-0.25, -0.2) is 0 Å². The van der Waals surface area contributed by atoms with Crippen LogP contribution in [-0.2, 0) is 4.79 Å². The van der Waals surface area contributed by atoms with Gasteiger partial charge in [0, 0.05) is 38.4 Å². The lowest BCUT2D eigenvalue weighted by atomic mass is 10.2. The summed E-state index contributed by atoms with van der Waals surface area (Å²) in [4.78, 5) is 16.1. The number of rotatable bonds is 7. The molecule has 1 aromatic carbocycles. The Labute approximate surface area is 116 Å². The molecule has 0 aliphatic carbocycles. The van der Waals surface area contributed by atoms with Crippen LogP contribution in [0.15, 0.2) is 24.3 Å². The van der Waals surface area contributed by atoms with Crippen molar-refractivity contribution in [1.82, 2.24) is 4.90 Å². The monoisotopic (exact) mass is 263 g/mol. The Morgan fingerprint density at radius 3 is 2.16 bits per heavy atom. The quantitative estimate of drug-likeness (QED) is 0.820. The van der Waals surface area contributed by atoms with Crippen molar-refractivity contribution < 1.29 is 4.79 Å². The summed E-state index contributed by atoms with van der Waals surface area (Å²) in [5, 5.41) is 2.93. The van der Waals surface area contributed by atoms with Gasteiger partial charge < -0.3 is 15.1 Å². The molecule has 0 unspecified atom stereocenters. The highest BCUT2D eigenvalue weighted by Gasteiger charge is 2.05. The van der Waals surface area contributed by atoms with Crippen molar-refractivity contribution in [1.29, 1.82) is 0 Å². The zero-order valence-corrected chi connectivity index (χ0v) is 12.4. The van der Waals surface area contributed by atoms with Gasteiger partial charge in [0.05, 0.1) is 0 Å². The number of nitrogens with zero attached hydrogens (tertiary/aromatic N) is 2. The molecule has 1 amide bonds. The van der Waals surface area contributed by atoms with E-state index in [1.54, 1.807) is 0 Å². The van der Waals surface area contributed by atoms with Crippen LogP contribution in [0, 0.1) is 0 Å². The summed E-state index contributed by atoms with van der Waals surface area (Å²) in [5.41, 5.74) is 1.98. The molecule has 4 nitrogen and oxygen atoms in total. The zero-order chi connectivity index (χ0) is 14.3. The molecule has 1 N–H and O–H groups in total. The number of carbonyl (C=O) groups is 1. The van der Waals surface area contributed by atoms with Gasteiger partial charge in [0.2, 0.25) is 5.91 Å². The van der Waals surface area contributed by atoms with Crippen LogP contribution in [0.3, 0.4) is 0 Å². The second kappa shape index (κ2) is 7.79. The first-order chi connectivity index (χ1) is 9.06. The van der Waals surface area contributed by atoms with Crippen LogP contribution in [0.4, 0.5) is 11.4 Å². The van der Waals surface area contributed by atoms with Gasteiger partial charge in [0.25, 0.3) is 0 Å². The smallest absolute Gasteiger partial charge is 0.225 e. The van der Waals surface area contributed by atoms with E-state index in [0.717, 1.165) is 31.0 Å². The van der Waals surface area contributed by atoms with Crippen molar-refractivity contribution in [2.45, 2.75) is 20.3 Å². The zero-order valence-electron chi connectivity index (χ0n) is 12.4. The van der Waals surface area contributed by atoms with E-state index < -0.39 is 0 Å². The molecule has 0 fully saturated rings. The van der Waals surface area contributed by atoms with Gasteiger partial charge in [-0.3, -0.25) is 4.79 Å². The van der Waals surface area contributed by atoms with Gasteiger partial charge in [0.15, 0.2) is 0 Å². The average Bonchev–Trinajstić information content (AvgIpc) is 2.40. The van der Waals surface area contributed by atoms with Crippen LogP contribution in [0.2, 0.25) is 0 Å². The van der Waals surface area contributed by atoms with E-state index in [0.29, 0.717) is 6.42 Å². The molecule has 0 saturated carbocycles. The molecule has 0 aromatic heterocycles. The largest absolute Gasteiger partial charge is 0.378 e. The predicted octanol–water partition coefficient (Wildman–Crippen LogP) is 2.42. The summed E-state index contributed by atoms with van der Waals surface area (Å²) in [5.74, 6) is 0.0736. The molecule has 4 heteroatoms. The van der Waals surface area contributed by atoms with E-state index in [1.807, 2.05) is 43.3 Å². The van der Waals surface area contributed by atoms with Gasteiger partial charge in [0.1, 0.15) is 0 Å². The number of benzene rings is 1. The fourth-order valence-corrected chi connectivity index (χ4v) is 1.87. The van der Waals surface area contributed by atoms with E-state index >= 15 is 0 Å². The second-order valence-electron chi connectivity index (χ2n) is 4.77. The molecular weight excluding hydrogens is 238 g/mol. The van der Waals surface area contributed by atoms with Crippen molar-refractivity contribution in [2.75, 3.05) is 43.9 Å². The molecule has 1 aromatic rings. The van der Waals surface area contributed by atoms with Gasteiger partial charge in [-0.1, -0.05) is 13.8 Å². The fraction of sp³-hybridized carbons (Fsp3) is 0.533. The van der Waals surface area contributed by atoms with Gasteiger partial charge in [-0.2, -0.15) is 0 Å². The Kier molecular flexibility index (Phi) is 6.36. The number of nitrogens with one attached hydrogen (secondary N) is 1. The molecule has 106 valence electrons. The predicted molar refractivity (Wildman–Crippen MR) is 81.8 cm³/mol. The van der Waals surface area contributed by atoms with Crippen molar-refractivity contribution in [2.24, 2.45) is 0 Å². The van der Waals surface area contributed by atoms with Crippen LogP contribution >= 0.6 is 0 Å². The molecule has 0 spiro atoms. The molecule has 0 aliphatic rings. The van der Waals surface area contributed by atoms with Crippen LogP contribution in [0.5, 0.6) is 0 Å². The summed E-state index contributed by atoms with van der Waals surface area (Å²) < 4.78 is 0. The first-order valence-electron chi connectivity index (χ1n) is 6.86. The third-order valence-corrected chi connectivity index (χ3v) is 3.22. The molecule has 19 heavy (non-hydrogen) atoms. The highest BCUT2D eigenvalue weighted by molar-refractivity contribution is 5.91. The Morgan fingerprint density at radius 1 is 1.11 bits per heavy atom. The minimum Gasteiger partial charge on any atom is -0.378 e. The van der Waals surface area contributed by atoms with Crippen LogP contribution in [0.25, 0.3) is 0 Å².